The maximum Gasteiger partial charge on any atom is 0.124 e. The fourth-order valence-electron chi connectivity index (χ4n) is 2.05. The van der Waals surface area contributed by atoms with Crippen molar-refractivity contribution in [3.05, 3.63) is 29.3 Å². The van der Waals surface area contributed by atoms with Crippen LogP contribution in [-0.2, 0) is 0 Å². The Bertz CT molecular complexity index is 334. The molecule has 0 aliphatic rings. The molecule has 16 heavy (non-hydrogen) atoms. The molecule has 1 atom stereocenters. The molecule has 1 unspecified atom stereocenters. The molecule has 0 spiro atoms. The van der Waals surface area contributed by atoms with E-state index in [1.807, 2.05) is 14.0 Å². The molecule has 2 heteroatoms. The molecule has 1 rings (SSSR count). The predicted octanol–water partition coefficient (Wildman–Crippen LogP) is 3.31. The molecule has 0 amide bonds. The maximum atomic E-state index is 5.68. The lowest BCUT2D eigenvalue weighted by Crippen LogP contribution is -2.22. The Morgan fingerprint density at radius 2 is 2.00 bits per heavy atom. The van der Waals surface area contributed by atoms with Crippen LogP contribution in [0.1, 0.15) is 37.9 Å². The van der Waals surface area contributed by atoms with E-state index in [0.29, 0.717) is 18.6 Å². The second kappa shape index (κ2) is 5.90. The highest BCUT2D eigenvalue weighted by atomic mass is 16.5. The molecule has 0 aromatic heterocycles. The van der Waals surface area contributed by atoms with Crippen LogP contribution in [0.25, 0.3) is 0 Å². The van der Waals surface area contributed by atoms with Gasteiger partial charge in [0.05, 0.1) is 6.61 Å². The van der Waals surface area contributed by atoms with Crippen LogP contribution in [0.2, 0.25) is 0 Å². The molecule has 0 heterocycles. The van der Waals surface area contributed by atoms with Gasteiger partial charge in [0.2, 0.25) is 0 Å². The molecule has 2 nitrogen and oxygen atoms in total. The summed E-state index contributed by atoms with van der Waals surface area (Å²) in [5.74, 6) is 1.55. The smallest absolute Gasteiger partial charge is 0.124 e. The van der Waals surface area contributed by atoms with Gasteiger partial charge < -0.3 is 10.1 Å². The van der Waals surface area contributed by atoms with Crippen molar-refractivity contribution in [1.82, 2.24) is 5.32 Å². The molecular weight excluding hydrogens is 198 g/mol. The van der Waals surface area contributed by atoms with E-state index in [1.165, 1.54) is 11.1 Å². The first kappa shape index (κ1) is 13.0. The molecule has 0 aliphatic heterocycles. The second-order valence-electron chi connectivity index (χ2n) is 4.48. The number of ether oxygens (including phenoxy) is 1. The third-order valence-electron chi connectivity index (χ3n) is 2.78. The van der Waals surface area contributed by atoms with Crippen LogP contribution in [0, 0.1) is 12.8 Å². The Balaban J connectivity index is 3.11. The maximum absolute atomic E-state index is 5.68. The van der Waals surface area contributed by atoms with Crippen molar-refractivity contribution in [2.75, 3.05) is 13.7 Å². The first-order valence-electron chi connectivity index (χ1n) is 6.00. The molecule has 1 N–H and O–H groups in total. The van der Waals surface area contributed by atoms with Crippen LogP contribution in [0.4, 0.5) is 0 Å². The van der Waals surface area contributed by atoms with Gasteiger partial charge in [0.1, 0.15) is 5.75 Å². The average molecular weight is 221 g/mol. The number of hydrogen-bond donors (Lipinski definition) is 1. The SMILES string of the molecule is CCOc1ccc(C)cc1C(NC)C(C)C. The Morgan fingerprint density at radius 3 is 2.50 bits per heavy atom. The van der Waals surface area contributed by atoms with E-state index >= 15 is 0 Å². The molecule has 0 fully saturated rings. The van der Waals surface area contributed by atoms with Crippen LogP contribution in [0.5, 0.6) is 5.75 Å². The molecule has 0 saturated heterocycles. The first-order valence-corrected chi connectivity index (χ1v) is 6.00. The summed E-state index contributed by atoms with van der Waals surface area (Å²) < 4.78 is 5.68. The van der Waals surface area contributed by atoms with E-state index in [9.17, 15) is 0 Å². The lowest BCUT2D eigenvalue weighted by atomic mass is 9.94. The summed E-state index contributed by atoms with van der Waals surface area (Å²) in [6, 6.07) is 6.73. The standard InChI is InChI=1S/C14H23NO/c1-6-16-13-8-7-11(4)9-12(13)14(15-5)10(2)3/h7-10,14-15H,6H2,1-5H3. The molecular formula is C14H23NO. The largest absolute Gasteiger partial charge is 0.494 e. The topological polar surface area (TPSA) is 21.3 Å². The minimum atomic E-state index is 0.349. The molecule has 90 valence electrons. The Hall–Kier alpha value is -1.02. The van der Waals surface area contributed by atoms with E-state index in [4.69, 9.17) is 4.74 Å². The normalized spacial score (nSPS) is 12.9. The Kier molecular flexibility index (Phi) is 4.81. The van der Waals surface area contributed by atoms with Gasteiger partial charge in [-0.05, 0) is 32.9 Å². The third-order valence-corrected chi connectivity index (χ3v) is 2.78. The summed E-state index contributed by atoms with van der Waals surface area (Å²) in [5.41, 5.74) is 2.54. The van der Waals surface area contributed by atoms with Gasteiger partial charge in [0.15, 0.2) is 0 Å². The van der Waals surface area contributed by atoms with E-state index in [0.717, 1.165) is 5.75 Å². The highest BCUT2D eigenvalue weighted by Crippen LogP contribution is 2.30. The van der Waals surface area contributed by atoms with Crippen molar-refractivity contribution in [2.45, 2.75) is 33.7 Å². The number of aryl methyl sites for hydroxylation is 1. The quantitative estimate of drug-likeness (QED) is 0.823. The zero-order valence-corrected chi connectivity index (χ0v) is 11.0. The fraction of sp³-hybridized carbons (Fsp3) is 0.571. The third kappa shape index (κ3) is 2.99. The van der Waals surface area contributed by atoms with E-state index in [2.05, 4.69) is 44.3 Å². The van der Waals surface area contributed by atoms with Gasteiger partial charge in [-0.3, -0.25) is 0 Å². The van der Waals surface area contributed by atoms with Crippen molar-refractivity contribution < 1.29 is 4.74 Å². The molecule has 0 saturated carbocycles. The first-order chi connectivity index (χ1) is 7.60. The summed E-state index contributed by atoms with van der Waals surface area (Å²) in [6.07, 6.45) is 0. The van der Waals surface area contributed by atoms with Gasteiger partial charge in [-0.1, -0.05) is 31.5 Å². The van der Waals surface area contributed by atoms with Crippen molar-refractivity contribution in [1.29, 1.82) is 0 Å². The van der Waals surface area contributed by atoms with Crippen molar-refractivity contribution in [3.63, 3.8) is 0 Å². The monoisotopic (exact) mass is 221 g/mol. The van der Waals surface area contributed by atoms with E-state index in [-0.39, 0.29) is 0 Å². The Morgan fingerprint density at radius 1 is 1.31 bits per heavy atom. The fourth-order valence-corrected chi connectivity index (χ4v) is 2.05. The molecule has 0 bridgehead atoms. The minimum Gasteiger partial charge on any atom is -0.494 e. The lowest BCUT2D eigenvalue weighted by molar-refractivity contribution is 0.325. The Labute approximate surface area is 99.0 Å². The number of hydrogen-bond acceptors (Lipinski definition) is 2. The highest BCUT2D eigenvalue weighted by molar-refractivity contribution is 5.39. The van der Waals surface area contributed by atoms with Gasteiger partial charge in [0, 0.05) is 11.6 Å². The van der Waals surface area contributed by atoms with Crippen molar-refractivity contribution in [2.24, 2.45) is 5.92 Å². The van der Waals surface area contributed by atoms with Gasteiger partial charge in [-0.2, -0.15) is 0 Å². The molecule has 0 aliphatic carbocycles. The van der Waals surface area contributed by atoms with Gasteiger partial charge in [-0.15, -0.1) is 0 Å². The summed E-state index contributed by atoms with van der Waals surface area (Å²) >= 11 is 0. The minimum absolute atomic E-state index is 0.349. The van der Waals surface area contributed by atoms with Crippen LogP contribution >= 0.6 is 0 Å². The summed E-state index contributed by atoms with van der Waals surface area (Å²) in [6.45, 7) is 9.29. The van der Waals surface area contributed by atoms with Crippen LogP contribution < -0.4 is 10.1 Å². The van der Waals surface area contributed by atoms with E-state index in [1.54, 1.807) is 0 Å². The second-order valence-corrected chi connectivity index (χ2v) is 4.48. The van der Waals surface area contributed by atoms with Crippen molar-refractivity contribution >= 4 is 0 Å². The summed E-state index contributed by atoms with van der Waals surface area (Å²) in [4.78, 5) is 0. The van der Waals surface area contributed by atoms with E-state index < -0.39 is 0 Å². The number of benzene rings is 1. The summed E-state index contributed by atoms with van der Waals surface area (Å²) in [7, 11) is 2.00. The zero-order valence-electron chi connectivity index (χ0n) is 11.0. The average Bonchev–Trinajstić information content (AvgIpc) is 2.22. The van der Waals surface area contributed by atoms with Crippen molar-refractivity contribution in [3.8, 4) is 5.75 Å². The zero-order chi connectivity index (χ0) is 12.1. The van der Waals surface area contributed by atoms with Crippen LogP contribution in [0.3, 0.4) is 0 Å². The molecule has 1 aromatic carbocycles. The molecule has 0 radical (unpaired) electrons. The van der Waals surface area contributed by atoms with Crippen LogP contribution in [0.15, 0.2) is 18.2 Å². The van der Waals surface area contributed by atoms with Crippen LogP contribution in [-0.4, -0.2) is 13.7 Å². The summed E-state index contributed by atoms with van der Waals surface area (Å²) in [5, 5.41) is 3.36. The van der Waals surface area contributed by atoms with Gasteiger partial charge in [0.25, 0.3) is 0 Å². The highest BCUT2D eigenvalue weighted by Gasteiger charge is 2.17. The van der Waals surface area contributed by atoms with Gasteiger partial charge >= 0.3 is 0 Å². The molecule has 1 aromatic rings. The number of nitrogens with one attached hydrogen (secondary N) is 1. The van der Waals surface area contributed by atoms with Gasteiger partial charge in [-0.25, -0.2) is 0 Å². The lowest BCUT2D eigenvalue weighted by Gasteiger charge is -2.23. The predicted molar refractivity (Wildman–Crippen MR) is 69.0 cm³/mol. The number of rotatable bonds is 5.